The Morgan fingerprint density at radius 1 is 1.10 bits per heavy atom. The van der Waals surface area contributed by atoms with Crippen molar-refractivity contribution in [2.45, 2.75) is 101 Å². The number of aliphatic hydroxyl groups is 2. The average molecular weight is 425 g/mol. The van der Waals surface area contributed by atoms with Gasteiger partial charge in [-0.1, -0.05) is 69.7 Å². The van der Waals surface area contributed by atoms with Crippen LogP contribution in [-0.4, -0.2) is 32.8 Å². The van der Waals surface area contributed by atoms with Gasteiger partial charge in [0.25, 0.3) is 0 Å². The number of benzene rings is 1. The molecule has 1 aliphatic carbocycles. The van der Waals surface area contributed by atoms with Gasteiger partial charge in [0.15, 0.2) is 0 Å². The standard InChI is InChI=1S/C24H37ClO4/c1-2-3-6-10-21(26)17-12-14-18(15-13-17)24-19(20(25)16-22(24)27)9-7-4-5-8-11-23(28)29/h12-15,19-22,24,26-27H,2-11,16H2,1H3,(H,28,29)/t19-,20+,21+,22+,24+/m0/s1. The average Bonchev–Trinajstić information content (AvgIpc) is 2.97. The van der Waals surface area contributed by atoms with E-state index in [1.165, 1.54) is 0 Å². The molecule has 4 nitrogen and oxygen atoms in total. The first kappa shape index (κ1) is 24.2. The highest BCUT2D eigenvalue weighted by atomic mass is 35.5. The predicted octanol–water partition coefficient (Wildman–Crippen LogP) is 5.80. The minimum atomic E-state index is -0.733. The van der Waals surface area contributed by atoms with Crippen LogP contribution in [0.5, 0.6) is 0 Å². The summed E-state index contributed by atoms with van der Waals surface area (Å²) in [6.45, 7) is 2.16. The summed E-state index contributed by atoms with van der Waals surface area (Å²) in [4.78, 5) is 10.6. The molecule has 0 aliphatic heterocycles. The molecule has 0 heterocycles. The smallest absolute Gasteiger partial charge is 0.303 e. The minimum absolute atomic E-state index is 0.0304. The van der Waals surface area contributed by atoms with Gasteiger partial charge in [-0.15, -0.1) is 11.6 Å². The number of halogens is 1. The SMILES string of the molecule is CCCCC[C@@H](O)c1ccc([C@@H]2[C@@H](CCCCCCC(=O)O)[C@H](Cl)C[C@H]2O)cc1. The fourth-order valence-corrected chi connectivity index (χ4v) is 5.06. The number of alkyl halides is 1. The minimum Gasteiger partial charge on any atom is -0.481 e. The lowest BCUT2D eigenvalue weighted by Crippen LogP contribution is -2.19. The molecule has 1 aromatic rings. The monoisotopic (exact) mass is 424 g/mol. The summed E-state index contributed by atoms with van der Waals surface area (Å²) < 4.78 is 0. The zero-order valence-corrected chi connectivity index (χ0v) is 18.4. The predicted molar refractivity (Wildman–Crippen MR) is 117 cm³/mol. The van der Waals surface area contributed by atoms with Crippen LogP contribution in [0.25, 0.3) is 0 Å². The summed E-state index contributed by atoms with van der Waals surface area (Å²) >= 11 is 6.57. The van der Waals surface area contributed by atoms with Gasteiger partial charge in [-0.25, -0.2) is 0 Å². The molecule has 5 atom stereocenters. The van der Waals surface area contributed by atoms with E-state index in [9.17, 15) is 15.0 Å². The molecular weight excluding hydrogens is 388 g/mol. The Balaban J connectivity index is 1.91. The largest absolute Gasteiger partial charge is 0.481 e. The number of aliphatic carboxylic acids is 1. The summed E-state index contributed by atoms with van der Waals surface area (Å²) in [5, 5.41) is 29.7. The molecule has 164 valence electrons. The zero-order chi connectivity index (χ0) is 21.2. The lowest BCUT2D eigenvalue weighted by Gasteiger charge is -2.24. The topological polar surface area (TPSA) is 77.8 Å². The van der Waals surface area contributed by atoms with Crippen molar-refractivity contribution in [3.8, 4) is 0 Å². The molecule has 0 saturated heterocycles. The van der Waals surface area contributed by atoms with Crippen molar-refractivity contribution in [1.82, 2.24) is 0 Å². The molecule has 0 bridgehead atoms. The summed E-state index contributed by atoms with van der Waals surface area (Å²) in [7, 11) is 0. The van der Waals surface area contributed by atoms with E-state index in [4.69, 9.17) is 16.7 Å². The maximum absolute atomic E-state index is 10.6. The van der Waals surface area contributed by atoms with Crippen molar-refractivity contribution in [2.75, 3.05) is 0 Å². The Morgan fingerprint density at radius 3 is 2.45 bits per heavy atom. The van der Waals surface area contributed by atoms with E-state index in [2.05, 4.69) is 6.92 Å². The molecule has 3 N–H and O–H groups in total. The van der Waals surface area contributed by atoms with Crippen molar-refractivity contribution in [3.63, 3.8) is 0 Å². The normalized spacial score (nSPS) is 25.2. The summed E-state index contributed by atoms with van der Waals surface area (Å²) in [6.07, 6.45) is 8.68. The number of hydrogen-bond donors (Lipinski definition) is 3. The Kier molecular flexibility index (Phi) is 10.5. The van der Waals surface area contributed by atoms with Crippen molar-refractivity contribution >= 4 is 17.6 Å². The van der Waals surface area contributed by atoms with E-state index in [1.807, 2.05) is 24.3 Å². The van der Waals surface area contributed by atoms with Crippen LogP contribution in [0.4, 0.5) is 0 Å². The quantitative estimate of drug-likeness (QED) is 0.276. The zero-order valence-electron chi connectivity index (χ0n) is 17.6. The van der Waals surface area contributed by atoms with Gasteiger partial charge < -0.3 is 15.3 Å². The number of aliphatic hydroxyl groups excluding tert-OH is 2. The maximum Gasteiger partial charge on any atom is 0.303 e. The van der Waals surface area contributed by atoms with Gasteiger partial charge in [0.2, 0.25) is 0 Å². The van der Waals surface area contributed by atoms with Crippen molar-refractivity contribution in [1.29, 1.82) is 0 Å². The third-order valence-corrected chi connectivity index (χ3v) is 6.77. The van der Waals surface area contributed by atoms with Crippen LogP contribution in [0, 0.1) is 5.92 Å². The highest BCUT2D eigenvalue weighted by molar-refractivity contribution is 6.21. The first-order chi connectivity index (χ1) is 13.9. The number of rotatable bonds is 13. The molecule has 0 aromatic heterocycles. The van der Waals surface area contributed by atoms with Gasteiger partial charge in [-0.05, 0) is 42.7 Å². The Morgan fingerprint density at radius 2 is 1.79 bits per heavy atom. The number of carbonyl (C=O) groups is 1. The third-order valence-electron chi connectivity index (χ3n) is 6.27. The second-order valence-corrected chi connectivity index (χ2v) is 9.09. The van der Waals surface area contributed by atoms with Gasteiger partial charge in [0.05, 0.1) is 12.2 Å². The van der Waals surface area contributed by atoms with E-state index >= 15 is 0 Å². The van der Waals surface area contributed by atoms with Crippen LogP contribution in [0.15, 0.2) is 24.3 Å². The number of hydrogen-bond acceptors (Lipinski definition) is 3. The van der Waals surface area contributed by atoms with Crippen LogP contribution in [0.1, 0.15) is 101 Å². The summed E-state index contributed by atoms with van der Waals surface area (Å²) in [5.41, 5.74) is 2.04. The van der Waals surface area contributed by atoms with Gasteiger partial charge in [-0.2, -0.15) is 0 Å². The van der Waals surface area contributed by atoms with Crippen LogP contribution in [0.3, 0.4) is 0 Å². The molecule has 0 amide bonds. The third kappa shape index (κ3) is 7.58. The van der Waals surface area contributed by atoms with Gasteiger partial charge in [0.1, 0.15) is 0 Å². The highest BCUT2D eigenvalue weighted by Crippen LogP contribution is 2.45. The van der Waals surface area contributed by atoms with Gasteiger partial charge in [0, 0.05) is 17.7 Å². The molecular formula is C24H37ClO4. The maximum atomic E-state index is 10.6. The first-order valence-electron chi connectivity index (χ1n) is 11.3. The lowest BCUT2D eigenvalue weighted by atomic mass is 9.83. The molecule has 0 unspecified atom stereocenters. The second-order valence-electron chi connectivity index (χ2n) is 8.53. The first-order valence-corrected chi connectivity index (χ1v) is 11.7. The van der Waals surface area contributed by atoms with Crippen molar-refractivity contribution in [2.24, 2.45) is 5.92 Å². The second kappa shape index (κ2) is 12.6. The fourth-order valence-electron chi connectivity index (χ4n) is 4.60. The Labute approximate surface area is 180 Å². The number of carboxylic acid groups (broad SMARTS) is 1. The molecule has 1 saturated carbocycles. The van der Waals surface area contributed by atoms with E-state index in [0.717, 1.165) is 68.9 Å². The van der Waals surface area contributed by atoms with Crippen LogP contribution >= 0.6 is 11.6 Å². The molecule has 0 radical (unpaired) electrons. The van der Waals surface area contributed by atoms with Gasteiger partial charge >= 0.3 is 5.97 Å². The van der Waals surface area contributed by atoms with Gasteiger partial charge in [-0.3, -0.25) is 4.79 Å². The summed E-state index contributed by atoms with van der Waals surface area (Å²) in [6, 6.07) is 8.06. The molecule has 0 spiro atoms. The molecule has 2 rings (SSSR count). The molecule has 29 heavy (non-hydrogen) atoms. The van der Waals surface area contributed by atoms with E-state index in [-0.39, 0.29) is 23.6 Å². The van der Waals surface area contributed by atoms with Crippen LogP contribution in [0.2, 0.25) is 0 Å². The molecule has 1 aliphatic rings. The Bertz CT molecular complexity index is 603. The van der Waals surface area contributed by atoms with Crippen molar-refractivity contribution < 1.29 is 20.1 Å². The summed E-state index contributed by atoms with van der Waals surface area (Å²) in [5.74, 6) is -0.474. The van der Waals surface area contributed by atoms with Crippen molar-refractivity contribution in [3.05, 3.63) is 35.4 Å². The molecule has 5 heteroatoms. The Hall–Kier alpha value is -1.10. The number of carboxylic acids is 1. The number of unbranched alkanes of at least 4 members (excludes halogenated alkanes) is 5. The van der Waals surface area contributed by atoms with Crippen LogP contribution < -0.4 is 0 Å². The van der Waals surface area contributed by atoms with Crippen LogP contribution in [-0.2, 0) is 4.79 Å². The molecule has 1 aromatic carbocycles. The highest BCUT2D eigenvalue weighted by Gasteiger charge is 2.41. The fraction of sp³-hybridized carbons (Fsp3) is 0.708. The lowest BCUT2D eigenvalue weighted by molar-refractivity contribution is -0.137. The molecule has 1 fully saturated rings. The van der Waals surface area contributed by atoms with E-state index in [1.54, 1.807) is 0 Å². The van der Waals surface area contributed by atoms with E-state index in [0.29, 0.717) is 6.42 Å². The van der Waals surface area contributed by atoms with E-state index < -0.39 is 18.2 Å².